The van der Waals surface area contributed by atoms with Crippen molar-refractivity contribution < 1.29 is 4.79 Å². The van der Waals surface area contributed by atoms with Gasteiger partial charge in [0.2, 0.25) is 11.9 Å². The maximum Gasteiger partial charge on any atom is 0.244 e. The summed E-state index contributed by atoms with van der Waals surface area (Å²) in [6.45, 7) is 2.71. The predicted molar refractivity (Wildman–Crippen MR) is 118 cm³/mol. The fraction of sp³-hybridized carbons (Fsp3) is 0.304. The first-order valence-electron chi connectivity index (χ1n) is 10.3. The Kier molecular flexibility index (Phi) is 4.78. The van der Waals surface area contributed by atoms with Crippen LogP contribution in [0.25, 0.3) is 17.0 Å². The third-order valence-electron chi connectivity index (χ3n) is 6.14. The van der Waals surface area contributed by atoms with E-state index in [0.29, 0.717) is 30.1 Å². The van der Waals surface area contributed by atoms with E-state index in [4.69, 9.17) is 10.7 Å². The number of nitrogens with one attached hydrogen (secondary N) is 1. The number of nitrogens with zero attached hydrogens (tertiary/aromatic N) is 4. The molecule has 1 aliphatic carbocycles. The number of para-hydroxylation sites is 1. The van der Waals surface area contributed by atoms with E-state index < -0.39 is 0 Å². The zero-order valence-corrected chi connectivity index (χ0v) is 16.6. The summed E-state index contributed by atoms with van der Waals surface area (Å²) in [5, 5.41) is 4.05. The summed E-state index contributed by atoms with van der Waals surface area (Å²) in [6, 6.07) is 11.6. The van der Waals surface area contributed by atoms with Gasteiger partial charge in [-0.05, 0) is 54.0 Å². The first-order chi connectivity index (χ1) is 14.7. The van der Waals surface area contributed by atoms with Crippen LogP contribution in [0.1, 0.15) is 12.0 Å². The van der Waals surface area contributed by atoms with Crippen molar-refractivity contribution >= 4 is 34.7 Å². The van der Waals surface area contributed by atoms with E-state index in [1.807, 2.05) is 36.5 Å². The molecule has 0 spiro atoms. The number of piperidine rings is 1. The zero-order chi connectivity index (χ0) is 20.5. The van der Waals surface area contributed by atoms with Crippen LogP contribution in [0.4, 0.5) is 11.8 Å². The Hall–Kier alpha value is -3.48. The van der Waals surface area contributed by atoms with Crippen molar-refractivity contribution in [2.45, 2.75) is 6.42 Å². The van der Waals surface area contributed by atoms with Gasteiger partial charge < -0.3 is 16.0 Å². The van der Waals surface area contributed by atoms with E-state index in [1.165, 1.54) is 0 Å². The standard InChI is InChI=1S/C23H24N6O/c24-21-7-5-15(11-26-21)6-8-22(30)25-10-9-17-18-13-29(14-19(17)18)23-27-12-16-3-1-2-4-20(16)28-23/h1-8,11-12,17-19H,9-10,13-14H2,(H2,24,26)(H,25,30)/b8-6+. The molecule has 1 aromatic carbocycles. The Morgan fingerprint density at radius 1 is 1.13 bits per heavy atom. The van der Waals surface area contributed by atoms with Gasteiger partial charge in [0, 0.05) is 43.5 Å². The maximum absolute atomic E-state index is 12.0. The first kappa shape index (κ1) is 18.5. The summed E-state index contributed by atoms with van der Waals surface area (Å²) in [4.78, 5) is 27.6. The highest BCUT2D eigenvalue weighted by molar-refractivity contribution is 5.91. The van der Waals surface area contributed by atoms with E-state index in [1.54, 1.807) is 24.4 Å². The molecule has 2 aromatic heterocycles. The molecule has 2 aliphatic rings. The van der Waals surface area contributed by atoms with Crippen LogP contribution < -0.4 is 16.0 Å². The lowest BCUT2D eigenvalue weighted by atomic mass is 10.2. The molecule has 3 heterocycles. The minimum absolute atomic E-state index is 0.0798. The second kappa shape index (κ2) is 7.74. The van der Waals surface area contributed by atoms with Gasteiger partial charge >= 0.3 is 0 Å². The number of aromatic nitrogens is 3. The molecule has 0 bridgehead atoms. The zero-order valence-electron chi connectivity index (χ0n) is 16.6. The van der Waals surface area contributed by atoms with Gasteiger partial charge in [0.05, 0.1) is 5.52 Å². The number of nitrogen functional groups attached to an aromatic ring is 1. The fourth-order valence-corrected chi connectivity index (χ4v) is 4.46. The van der Waals surface area contributed by atoms with Gasteiger partial charge in [0.15, 0.2) is 0 Å². The number of fused-ring (bicyclic) bond motifs is 2. The third kappa shape index (κ3) is 3.83. The normalized spacial score (nSPS) is 22.4. The Labute approximate surface area is 175 Å². The molecule has 0 radical (unpaired) electrons. The molecule has 1 aliphatic heterocycles. The number of rotatable bonds is 6. The van der Waals surface area contributed by atoms with Gasteiger partial charge in [-0.3, -0.25) is 4.79 Å². The Bertz CT molecular complexity index is 1080. The van der Waals surface area contributed by atoms with E-state index in [0.717, 1.165) is 41.9 Å². The Morgan fingerprint density at radius 3 is 2.77 bits per heavy atom. The molecule has 152 valence electrons. The lowest BCUT2D eigenvalue weighted by Gasteiger charge is -2.20. The summed E-state index contributed by atoms with van der Waals surface area (Å²) in [5.74, 6) is 3.28. The van der Waals surface area contributed by atoms with Crippen LogP contribution >= 0.6 is 0 Å². The van der Waals surface area contributed by atoms with Crippen molar-refractivity contribution in [3.8, 4) is 0 Å². The number of carbonyl (C=O) groups excluding carboxylic acids is 1. The molecule has 2 atom stereocenters. The first-order valence-corrected chi connectivity index (χ1v) is 10.3. The van der Waals surface area contributed by atoms with Crippen molar-refractivity contribution in [1.29, 1.82) is 0 Å². The minimum Gasteiger partial charge on any atom is -0.384 e. The monoisotopic (exact) mass is 400 g/mol. The Morgan fingerprint density at radius 2 is 1.97 bits per heavy atom. The molecule has 3 aromatic rings. The predicted octanol–water partition coefficient (Wildman–Crippen LogP) is 2.51. The topological polar surface area (TPSA) is 97.0 Å². The van der Waals surface area contributed by atoms with E-state index in [-0.39, 0.29) is 5.91 Å². The number of benzene rings is 1. The fourth-order valence-electron chi connectivity index (χ4n) is 4.46. The van der Waals surface area contributed by atoms with Gasteiger partial charge in [-0.1, -0.05) is 18.2 Å². The third-order valence-corrected chi connectivity index (χ3v) is 6.14. The van der Waals surface area contributed by atoms with Crippen LogP contribution in [-0.4, -0.2) is 40.5 Å². The van der Waals surface area contributed by atoms with Crippen molar-refractivity contribution in [1.82, 2.24) is 20.3 Å². The number of anilines is 2. The quantitative estimate of drug-likeness (QED) is 0.617. The molecule has 7 nitrogen and oxygen atoms in total. The van der Waals surface area contributed by atoms with Crippen molar-refractivity contribution in [2.24, 2.45) is 17.8 Å². The molecule has 1 saturated heterocycles. The molecular formula is C23H24N6O. The van der Waals surface area contributed by atoms with E-state index in [9.17, 15) is 4.79 Å². The molecular weight excluding hydrogens is 376 g/mol. The Balaban J connectivity index is 1.07. The summed E-state index contributed by atoms with van der Waals surface area (Å²) in [6.07, 6.45) is 7.86. The van der Waals surface area contributed by atoms with E-state index >= 15 is 0 Å². The highest BCUT2D eigenvalue weighted by atomic mass is 16.1. The van der Waals surface area contributed by atoms with Crippen LogP contribution in [0.3, 0.4) is 0 Å². The SMILES string of the molecule is Nc1ccc(/C=C/C(=O)NCCC2C3CN(c4ncc5ccccc5n4)CC23)cn1. The van der Waals surface area contributed by atoms with Gasteiger partial charge in [-0.25, -0.2) is 15.0 Å². The number of carbonyl (C=O) groups is 1. The van der Waals surface area contributed by atoms with Gasteiger partial charge in [0.25, 0.3) is 0 Å². The summed E-state index contributed by atoms with van der Waals surface area (Å²) in [5.41, 5.74) is 7.41. The highest BCUT2D eigenvalue weighted by Gasteiger charge is 2.55. The largest absolute Gasteiger partial charge is 0.384 e. The number of pyridine rings is 1. The molecule has 1 amide bonds. The van der Waals surface area contributed by atoms with Crippen LogP contribution in [0.2, 0.25) is 0 Å². The number of hydrogen-bond donors (Lipinski definition) is 2. The van der Waals surface area contributed by atoms with Crippen LogP contribution in [0, 0.1) is 17.8 Å². The van der Waals surface area contributed by atoms with Gasteiger partial charge in [-0.2, -0.15) is 0 Å². The van der Waals surface area contributed by atoms with Crippen LogP contribution in [0.15, 0.2) is 54.9 Å². The smallest absolute Gasteiger partial charge is 0.244 e. The molecule has 30 heavy (non-hydrogen) atoms. The summed E-state index contributed by atoms with van der Waals surface area (Å²) < 4.78 is 0. The molecule has 3 N–H and O–H groups in total. The molecule has 7 heteroatoms. The van der Waals surface area contributed by atoms with Gasteiger partial charge in [-0.15, -0.1) is 0 Å². The molecule has 2 fully saturated rings. The molecule has 5 rings (SSSR count). The molecule has 2 unspecified atom stereocenters. The second-order valence-corrected chi connectivity index (χ2v) is 8.05. The second-order valence-electron chi connectivity index (χ2n) is 8.05. The average molecular weight is 400 g/mol. The minimum atomic E-state index is -0.0798. The summed E-state index contributed by atoms with van der Waals surface area (Å²) >= 11 is 0. The number of nitrogens with two attached hydrogens (primary N) is 1. The maximum atomic E-state index is 12.0. The van der Waals surface area contributed by atoms with Crippen molar-refractivity contribution in [2.75, 3.05) is 30.3 Å². The lowest BCUT2D eigenvalue weighted by Crippen LogP contribution is -2.27. The van der Waals surface area contributed by atoms with Crippen molar-refractivity contribution in [3.05, 3.63) is 60.4 Å². The van der Waals surface area contributed by atoms with Crippen LogP contribution in [-0.2, 0) is 4.79 Å². The lowest BCUT2D eigenvalue weighted by molar-refractivity contribution is -0.116. The van der Waals surface area contributed by atoms with E-state index in [2.05, 4.69) is 20.2 Å². The number of amides is 1. The van der Waals surface area contributed by atoms with Gasteiger partial charge in [0.1, 0.15) is 5.82 Å². The summed E-state index contributed by atoms with van der Waals surface area (Å²) in [7, 11) is 0. The number of hydrogen-bond acceptors (Lipinski definition) is 6. The molecule has 1 saturated carbocycles. The average Bonchev–Trinajstić information content (AvgIpc) is 3.21. The van der Waals surface area contributed by atoms with Crippen molar-refractivity contribution in [3.63, 3.8) is 0 Å². The highest BCUT2D eigenvalue weighted by Crippen LogP contribution is 2.53. The van der Waals surface area contributed by atoms with Crippen LogP contribution in [0.5, 0.6) is 0 Å².